The molecule has 2 aliphatic rings. The summed E-state index contributed by atoms with van der Waals surface area (Å²) < 4.78 is 11.1. The Bertz CT molecular complexity index is 1030. The van der Waals surface area contributed by atoms with Crippen LogP contribution in [0.15, 0.2) is 54.2 Å². The molecule has 0 aromatic heterocycles. The molecule has 1 unspecified atom stereocenters. The molecule has 0 N–H and O–H groups in total. The first-order valence-corrected chi connectivity index (χ1v) is 11.4. The van der Waals surface area contributed by atoms with Gasteiger partial charge in [-0.25, -0.2) is 4.90 Å². The van der Waals surface area contributed by atoms with Crippen molar-refractivity contribution in [1.29, 1.82) is 0 Å². The predicted molar refractivity (Wildman–Crippen MR) is 125 cm³/mol. The summed E-state index contributed by atoms with van der Waals surface area (Å²) >= 11 is 0. The lowest BCUT2D eigenvalue weighted by Gasteiger charge is -2.33. The van der Waals surface area contributed by atoms with Crippen molar-refractivity contribution in [3.63, 3.8) is 0 Å². The second-order valence-corrected chi connectivity index (χ2v) is 8.25. The van der Waals surface area contributed by atoms with Crippen LogP contribution in [0.3, 0.4) is 0 Å². The molecule has 1 saturated heterocycles. The molecular weight excluding hydrogens is 404 g/mol. The van der Waals surface area contributed by atoms with Gasteiger partial charge in [0.25, 0.3) is 11.8 Å². The van der Waals surface area contributed by atoms with Crippen LogP contribution in [-0.4, -0.2) is 43.0 Å². The monoisotopic (exact) mass is 434 g/mol. The standard InChI is InChI=1S/C26H30N2O4/c1-4-31-21-13-11-19(12-14-21)23-24(27-15-7-8-18(3)17-27)26(30)28(25(23)29)20-9-6-10-22(16-20)32-5-2/h6,9-14,16,18H,4-5,7-8,15,17H2,1-3H3. The number of likely N-dealkylation sites (tertiary alicyclic amines) is 1. The van der Waals surface area contributed by atoms with E-state index in [1.807, 2.05) is 44.2 Å². The molecule has 32 heavy (non-hydrogen) atoms. The number of hydrogen-bond donors (Lipinski definition) is 0. The maximum absolute atomic E-state index is 13.7. The molecule has 2 aliphatic heterocycles. The predicted octanol–water partition coefficient (Wildman–Crippen LogP) is 4.50. The molecule has 2 amide bonds. The highest BCUT2D eigenvalue weighted by molar-refractivity contribution is 6.45. The first kappa shape index (κ1) is 21.9. The van der Waals surface area contributed by atoms with Gasteiger partial charge in [-0.2, -0.15) is 0 Å². The van der Waals surface area contributed by atoms with Crippen molar-refractivity contribution in [3.05, 3.63) is 59.8 Å². The van der Waals surface area contributed by atoms with E-state index in [9.17, 15) is 9.59 Å². The maximum atomic E-state index is 13.7. The molecule has 6 heteroatoms. The number of piperidine rings is 1. The van der Waals surface area contributed by atoms with Crippen LogP contribution in [0.4, 0.5) is 5.69 Å². The van der Waals surface area contributed by atoms with Gasteiger partial charge in [0, 0.05) is 19.2 Å². The number of imide groups is 1. The Kier molecular flexibility index (Phi) is 6.49. The van der Waals surface area contributed by atoms with E-state index >= 15 is 0 Å². The summed E-state index contributed by atoms with van der Waals surface area (Å²) in [4.78, 5) is 30.7. The van der Waals surface area contributed by atoms with Crippen LogP contribution in [0.2, 0.25) is 0 Å². The zero-order chi connectivity index (χ0) is 22.7. The van der Waals surface area contributed by atoms with Gasteiger partial charge >= 0.3 is 0 Å². The molecule has 0 spiro atoms. The number of carbonyl (C=O) groups excluding carboxylic acids is 2. The number of amides is 2. The van der Waals surface area contributed by atoms with Gasteiger partial charge in [-0.3, -0.25) is 9.59 Å². The lowest BCUT2D eigenvalue weighted by molar-refractivity contribution is -0.120. The number of anilines is 1. The van der Waals surface area contributed by atoms with E-state index in [-0.39, 0.29) is 11.8 Å². The van der Waals surface area contributed by atoms with Gasteiger partial charge in [0.05, 0.1) is 24.5 Å². The molecule has 168 valence electrons. The van der Waals surface area contributed by atoms with Crippen LogP contribution in [0.5, 0.6) is 11.5 Å². The fourth-order valence-electron chi connectivity index (χ4n) is 4.46. The first-order valence-electron chi connectivity index (χ1n) is 11.4. The Morgan fingerprint density at radius 2 is 1.66 bits per heavy atom. The number of benzene rings is 2. The Morgan fingerprint density at radius 3 is 2.34 bits per heavy atom. The van der Waals surface area contributed by atoms with E-state index in [4.69, 9.17) is 9.47 Å². The average molecular weight is 435 g/mol. The third kappa shape index (κ3) is 4.22. The minimum atomic E-state index is -0.305. The number of rotatable bonds is 7. The average Bonchev–Trinajstić information content (AvgIpc) is 3.05. The molecule has 2 aromatic carbocycles. The molecular formula is C26H30N2O4. The number of ether oxygens (including phenoxy) is 2. The lowest BCUT2D eigenvalue weighted by Crippen LogP contribution is -2.39. The molecule has 0 aliphatic carbocycles. The molecule has 0 radical (unpaired) electrons. The van der Waals surface area contributed by atoms with Gasteiger partial charge in [-0.1, -0.05) is 25.1 Å². The Hall–Kier alpha value is -3.28. The van der Waals surface area contributed by atoms with Gasteiger partial charge in [0.2, 0.25) is 0 Å². The number of carbonyl (C=O) groups is 2. The molecule has 2 aromatic rings. The molecule has 0 bridgehead atoms. The maximum Gasteiger partial charge on any atom is 0.282 e. The highest BCUT2D eigenvalue weighted by Gasteiger charge is 2.43. The second kappa shape index (κ2) is 9.47. The van der Waals surface area contributed by atoms with Crippen molar-refractivity contribution in [3.8, 4) is 11.5 Å². The van der Waals surface area contributed by atoms with E-state index in [0.717, 1.165) is 37.2 Å². The lowest BCUT2D eigenvalue weighted by atomic mass is 9.97. The van der Waals surface area contributed by atoms with Crippen LogP contribution in [0.25, 0.3) is 5.57 Å². The largest absolute Gasteiger partial charge is 0.494 e. The summed E-state index contributed by atoms with van der Waals surface area (Å²) in [5, 5.41) is 0. The topological polar surface area (TPSA) is 59.1 Å². The molecule has 2 heterocycles. The Balaban J connectivity index is 1.77. The summed E-state index contributed by atoms with van der Waals surface area (Å²) in [6.07, 6.45) is 2.13. The highest BCUT2D eigenvalue weighted by Crippen LogP contribution is 2.37. The number of hydrogen-bond acceptors (Lipinski definition) is 5. The van der Waals surface area contributed by atoms with Crippen LogP contribution in [-0.2, 0) is 9.59 Å². The SMILES string of the molecule is CCOc1ccc(C2=C(N3CCCC(C)C3)C(=O)N(c3cccc(OCC)c3)C2=O)cc1. The van der Waals surface area contributed by atoms with E-state index < -0.39 is 0 Å². The normalized spacial score (nSPS) is 19.0. The minimum Gasteiger partial charge on any atom is -0.494 e. The summed E-state index contributed by atoms with van der Waals surface area (Å²) in [7, 11) is 0. The molecule has 1 fully saturated rings. The summed E-state index contributed by atoms with van der Waals surface area (Å²) in [6.45, 7) is 8.64. The van der Waals surface area contributed by atoms with E-state index in [0.29, 0.717) is 41.8 Å². The van der Waals surface area contributed by atoms with Crippen LogP contribution in [0.1, 0.15) is 39.2 Å². The van der Waals surface area contributed by atoms with Crippen molar-refractivity contribution in [2.45, 2.75) is 33.6 Å². The van der Waals surface area contributed by atoms with Gasteiger partial charge in [0.15, 0.2) is 0 Å². The smallest absolute Gasteiger partial charge is 0.282 e. The van der Waals surface area contributed by atoms with Gasteiger partial charge in [-0.05, 0) is 62.4 Å². The van der Waals surface area contributed by atoms with Crippen molar-refractivity contribution in [2.24, 2.45) is 5.92 Å². The molecule has 1 atom stereocenters. The first-order chi connectivity index (χ1) is 15.5. The van der Waals surface area contributed by atoms with Crippen LogP contribution >= 0.6 is 0 Å². The third-order valence-corrected chi connectivity index (χ3v) is 5.87. The fraction of sp³-hybridized carbons (Fsp3) is 0.385. The third-order valence-electron chi connectivity index (χ3n) is 5.87. The van der Waals surface area contributed by atoms with Crippen LogP contribution < -0.4 is 14.4 Å². The van der Waals surface area contributed by atoms with Crippen molar-refractivity contribution >= 4 is 23.1 Å². The van der Waals surface area contributed by atoms with E-state index in [1.165, 1.54) is 4.90 Å². The molecule has 4 rings (SSSR count). The minimum absolute atomic E-state index is 0.276. The zero-order valence-electron chi connectivity index (χ0n) is 19.0. The Labute approximate surface area is 189 Å². The number of nitrogens with zero attached hydrogens (tertiary/aromatic N) is 2. The highest BCUT2D eigenvalue weighted by atomic mass is 16.5. The second-order valence-electron chi connectivity index (χ2n) is 8.25. The van der Waals surface area contributed by atoms with Crippen LogP contribution in [0, 0.1) is 5.92 Å². The van der Waals surface area contributed by atoms with Crippen molar-refractivity contribution in [1.82, 2.24) is 4.90 Å². The van der Waals surface area contributed by atoms with Gasteiger partial charge in [0.1, 0.15) is 17.2 Å². The summed E-state index contributed by atoms with van der Waals surface area (Å²) in [5.41, 5.74) is 2.19. The van der Waals surface area contributed by atoms with Gasteiger partial charge < -0.3 is 14.4 Å². The van der Waals surface area contributed by atoms with Gasteiger partial charge in [-0.15, -0.1) is 0 Å². The fourth-order valence-corrected chi connectivity index (χ4v) is 4.46. The van der Waals surface area contributed by atoms with E-state index in [2.05, 4.69) is 11.8 Å². The van der Waals surface area contributed by atoms with Crippen molar-refractivity contribution in [2.75, 3.05) is 31.2 Å². The Morgan fingerprint density at radius 1 is 0.938 bits per heavy atom. The molecule has 6 nitrogen and oxygen atoms in total. The summed E-state index contributed by atoms with van der Waals surface area (Å²) in [5.74, 6) is 1.26. The summed E-state index contributed by atoms with van der Waals surface area (Å²) in [6, 6.07) is 14.6. The zero-order valence-corrected chi connectivity index (χ0v) is 19.0. The van der Waals surface area contributed by atoms with Crippen molar-refractivity contribution < 1.29 is 19.1 Å². The van der Waals surface area contributed by atoms with E-state index in [1.54, 1.807) is 18.2 Å². The molecule has 0 saturated carbocycles. The quantitative estimate of drug-likeness (QED) is 0.601.